The number of para-hydroxylation sites is 1. The van der Waals surface area contributed by atoms with E-state index in [9.17, 15) is 0 Å². The summed E-state index contributed by atoms with van der Waals surface area (Å²) in [6.07, 6.45) is 0. The summed E-state index contributed by atoms with van der Waals surface area (Å²) in [6, 6.07) is 42.7. The number of thiophene rings is 1. The van der Waals surface area contributed by atoms with Crippen LogP contribution in [0.2, 0.25) is 5.02 Å². The first-order chi connectivity index (χ1) is 16.3. The van der Waals surface area contributed by atoms with Gasteiger partial charge in [-0.15, -0.1) is 11.3 Å². The Morgan fingerprint density at radius 3 is 1.88 bits per heavy atom. The fourth-order valence-electron chi connectivity index (χ4n) is 4.34. The minimum Gasteiger partial charge on any atom is -0.310 e. The molecule has 1 aromatic heterocycles. The van der Waals surface area contributed by atoms with Gasteiger partial charge in [-0.25, -0.2) is 0 Å². The molecule has 0 unspecified atom stereocenters. The molecule has 0 aliphatic carbocycles. The molecule has 0 aliphatic heterocycles. The first-order valence-corrected chi connectivity index (χ1v) is 12.1. The van der Waals surface area contributed by atoms with Gasteiger partial charge in [-0.3, -0.25) is 0 Å². The lowest BCUT2D eigenvalue weighted by Crippen LogP contribution is -2.09. The number of rotatable bonds is 4. The Hall–Kier alpha value is -3.59. The third kappa shape index (κ3) is 3.78. The van der Waals surface area contributed by atoms with Gasteiger partial charge >= 0.3 is 0 Å². The molecule has 0 atom stereocenters. The molecule has 158 valence electrons. The molecule has 0 fully saturated rings. The molecule has 0 saturated heterocycles. The van der Waals surface area contributed by atoms with Gasteiger partial charge < -0.3 is 4.90 Å². The maximum absolute atomic E-state index is 6.24. The van der Waals surface area contributed by atoms with E-state index >= 15 is 0 Å². The van der Waals surface area contributed by atoms with Gasteiger partial charge in [-0.1, -0.05) is 78.3 Å². The van der Waals surface area contributed by atoms with Crippen molar-refractivity contribution in [1.29, 1.82) is 0 Å². The zero-order valence-corrected chi connectivity index (χ0v) is 19.4. The monoisotopic (exact) mass is 461 g/mol. The quantitative estimate of drug-likeness (QED) is 0.252. The standard InChI is InChI=1S/C30H20ClNS/c31-23-13-17-27-28-20-26(16-18-29(28)33-30(27)19-23)32(24-9-5-2-6-10-24)25-14-11-22(12-15-25)21-7-3-1-4-8-21/h1-20H. The molecule has 0 radical (unpaired) electrons. The fourth-order valence-corrected chi connectivity index (χ4v) is 5.70. The summed E-state index contributed by atoms with van der Waals surface area (Å²) in [5.74, 6) is 0. The van der Waals surface area contributed by atoms with Crippen molar-refractivity contribution in [2.75, 3.05) is 4.90 Å². The molecule has 0 bridgehead atoms. The van der Waals surface area contributed by atoms with Crippen molar-refractivity contribution in [3.63, 3.8) is 0 Å². The van der Waals surface area contributed by atoms with E-state index in [1.807, 2.05) is 12.1 Å². The third-order valence-electron chi connectivity index (χ3n) is 5.92. The van der Waals surface area contributed by atoms with Crippen LogP contribution >= 0.6 is 22.9 Å². The van der Waals surface area contributed by atoms with Crippen molar-refractivity contribution in [1.82, 2.24) is 0 Å². The van der Waals surface area contributed by atoms with Gasteiger partial charge in [-0.2, -0.15) is 0 Å². The summed E-state index contributed by atoms with van der Waals surface area (Å²) in [6.45, 7) is 0. The van der Waals surface area contributed by atoms with Gasteiger partial charge in [0.25, 0.3) is 0 Å². The van der Waals surface area contributed by atoms with Crippen LogP contribution in [0.5, 0.6) is 0 Å². The largest absolute Gasteiger partial charge is 0.310 e. The topological polar surface area (TPSA) is 3.24 Å². The molecule has 1 heterocycles. The van der Waals surface area contributed by atoms with Crippen LogP contribution in [0.1, 0.15) is 0 Å². The Labute approximate surface area is 202 Å². The highest BCUT2D eigenvalue weighted by molar-refractivity contribution is 7.25. The van der Waals surface area contributed by atoms with Gasteiger partial charge in [-0.05, 0) is 65.7 Å². The van der Waals surface area contributed by atoms with E-state index in [4.69, 9.17) is 11.6 Å². The van der Waals surface area contributed by atoms with Crippen LogP contribution in [0.25, 0.3) is 31.3 Å². The van der Waals surface area contributed by atoms with E-state index in [1.165, 1.54) is 31.3 Å². The van der Waals surface area contributed by atoms with E-state index in [2.05, 4.69) is 114 Å². The molecule has 3 heteroatoms. The van der Waals surface area contributed by atoms with Gasteiger partial charge in [0, 0.05) is 42.3 Å². The number of halogens is 1. The predicted octanol–water partition coefficient (Wildman–Crippen LogP) is 9.84. The van der Waals surface area contributed by atoms with Crippen LogP contribution in [0.15, 0.2) is 121 Å². The highest BCUT2D eigenvalue weighted by Crippen LogP contribution is 2.41. The second-order valence-electron chi connectivity index (χ2n) is 8.01. The van der Waals surface area contributed by atoms with Crippen LogP contribution in [0.4, 0.5) is 17.1 Å². The first kappa shape index (κ1) is 20.0. The van der Waals surface area contributed by atoms with Crippen molar-refractivity contribution in [2.24, 2.45) is 0 Å². The SMILES string of the molecule is Clc1ccc2c(c1)sc1ccc(N(c3ccccc3)c3ccc(-c4ccccc4)cc3)cc12. The number of nitrogens with zero attached hydrogens (tertiary/aromatic N) is 1. The molecule has 6 rings (SSSR count). The number of anilines is 3. The van der Waals surface area contributed by atoms with E-state index in [0.717, 1.165) is 22.1 Å². The van der Waals surface area contributed by atoms with E-state index in [-0.39, 0.29) is 0 Å². The van der Waals surface area contributed by atoms with Crippen molar-refractivity contribution < 1.29 is 0 Å². The van der Waals surface area contributed by atoms with E-state index in [1.54, 1.807) is 11.3 Å². The summed E-state index contributed by atoms with van der Waals surface area (Å²) in [5, 5.41) is 3.28. The minimum atomic E-state index is 0.777. The lowest BCUT2D eigenvalue weighted by atomic mass is 10.0. The third-order valence-corrected chi connectivity index (χ3v) is 7.29. The smallest absolute Gasteiger partial charge is 0.0468 e. The van der Waals surface area contributed by atoms with Crippen molar-refractivity contribution in [3.8, 4) is 11.1 Å². The molecule has 6 aromatic rings. The Bertz CT molecular complexity index is 1550. The second-order valence-corrected chi connectivity index (χ2v) is 9.53. The number of benzene rings is 5. The Morgan fingerprint density at radius 1 is 0.485 bits per heavy atom. The maximum atomic E-state index is 6.24. The van der Waals surface area contributed by atoms with Gasteiger partial charge in [0.15, 0.2) is 0 Å². The molecule has 0 aliphatic rings. The summed E-state index contributed by atoms with van der Waals surface area (Å²) in [5.41, 5.74) is 5.83. The van der Waals surface area contributed by atoms with Crippen LogP contribution in [-0.2, 0) is 0 Å². The summed E-state index contributed by atoms with van der Waals surface area (Å²) < 4.78 is 2.48. The van der Waals surface area contributed by atoms with Crippen LogP contribution in [-0.4, -0.2) is 0 Å². The van der Waals surface area contributed by atoms with Crippen molar-refractivity contribution in [3.05, 3.63) is 126 Å². The Morgan fingerprint density at radius 2 is 1.12 bits per heavy atom. The number of hydrogen-bond acceptors (Lipinski definition) is 2. The molecule has 0 amide bonds. The van der Waals surface area contributed by atoms with E-state index in [0.29, 0.717) is 0 Å². The average molecular weight is 462 g/mol. The summed E-state index contributed by atoms with van der Waals surface area (Å²) in [7, 11) is 0. The molecule has 0 N–H and O–H groups in total. The molecular formula is C30H20ClNS. The fraction of sp³-hybridized carbons (Fsp3) is 0. The van der Waals surface area contributed by atoms with Crippen LogP contribution < -0.4 is 4.90 Å². The molecular weight excluding hydrogens is 442 g/mol. The molecule has 33 heavy (non-hydrogen) atoms. The zero-order chi connectivity index (χ0) is 22.2. The molecule has 1 nitrogen and oxygen atoms in total. The predicted molar refractivity (Wildman–Crippen MR) is 144 cm³/mol. The number of hydrogen-bond donors (Lipinski definition) is 0. The van der Waals surface area contributed by atoms with Gasteiger partial charge in [0.1, 0.15) is 0 Å². The highest BCUT2D eigenvalue weighted by atomic mass is 35.5. The minimum absolute atomic E-state index is 0.777. The zero-order valence-electron chi connectivity index (χ0n) is 17.8. The molecule has 5 aromatic carbocycles. The second kappa shape index (κ2) is 8.40. The Kier molecular flexibility index (Phi) is 5.10. The number of fused-ring (bicyclic) bond motifs is 3. The maximum Gasteiger partial charge on any atom is 0.0468 e. The first-order valence-electron chi connectivity index (χ1n) is 10.9. The van der Waals surface area contributed by atoms with Crippen molar-refractivity contribution >= 4 is 60.2 Å². The summed E-state index contributed by atoms with van der Waals surface area (Å²) >= 11 is 8.03. The average Bonchev–Trinajstić information content (AvgIpc) is 3.23. The van der Waals surface area contributed by atoms with Gasteiger partial charge in [0.05, 0.1) is 0 Å². The normalized spacial score (nSPS) is 11.2. The van der Waals surface area contributed by atoms with Crippen LogP contribution in [0.3, 0.4) is 0 Å². The van der Waals surface area contributed by atoms with Crippen molar-refractivity contribution in [2.45, 2.75) is 0 Å². The summed E-state index contributed by atoms with van der Waals surface area (Å²) in [4.78, 5) is 2.31. The lowest BCUT2D eigenvalue weighted by Gasteiger charge is -2.25. The lowest BCUT2D eigenvalue weighted by molar-refractivity contribution is 1.29. The molecule has 0 spiro atoms. The van der Waals surface area contributed by atoms with Gasteiger partial charge in [0.2, 0.25) is 0 Å². The Balaban J connectivity index is 1.49. The highest BCUT2D eigenvalue weighted by Gasteiger charge is 2.15. The van der Waals surface area contributed by atoms with Crippen LogP contribution in [0, 0.1) is 0 Å². The molecule has 0 saturated carbocycles. The van der Waals surface area contributed by atoms with E-state index < -0.39 is 0 Å².